The van der Waals surface area contributed by atoms with Crippen molar-refractivity contribution in [2.75, 3.05) is 13.2 Å². The molecule has 2 heterocycles. The topological polar surface area (TPSA) is 61.8 Å². The molecule has 0 amide bonds. The molecule has 3 fully saturated rings. The van der Waals surface area contributed by atoms with Crippen molar-refractivity contribution in [1.29, 1.82) is 0 Å². The molecule has 0 bridgehead atoms. The van der Waals surface area contributed by atoms with E-state index in [9.17, 15) is 14.0 Å². The average molecular weight is 390 g/mol. The van der Waals surface area contributed by atoms with E-state index in [1.807, 2.05) is 6.07 Å². The van der Waals surface area contributed by atoms with Crippen LogP contribution in [0.2, 0.25) is 0 Å². The Hall–Kier alpha value is -1.79. The molecule has 1 aliphatic carbocycles. The van der Waals surface area contributed by atoms with E-state index in [-0.39, 0.29) is 30.4 Å². The van der Waals surface area contributed by atoms with E-state index >= 15 is 0 Å². The summed E-state index contributed by atoms with van der Waals surface area (Å²) < 4.78 is 31.6. The average Bonchev–Trinajstić information content (AvgIpc) is 3.32. The van der Waals surface area contributed by atoms with Gasteiger partial charge in [-0.25, -0.2) is 4.39 Å². The number of benzene rings is 1. The normalized spacial score (nSPS) is 27.9. The standard InChI is InChI=1S/C22H27FO5/c1-21(26-10-11-27-21)18-7-6-15(12-19(18)23)8-9-22(16-4-2-3-5-16)14-17(24)13-20(25)28-22/h6-7,12,16H,2-5,8-11,13-14H2,1H3. The van der Waals surface area contributed by atoms with Crippen molar-refractivity contribution >= 4 is 11.8 Å². The lowest BCUT2D eigenvalue weighted by Gasteiger charge is -2.41. The molecular formula is C22H27FO5. The van der Waals surface area contributed by atoms with Crippen LogP contribution >= 0.6 is 0 Å². The van der Waals surface area contributed by atoms with Crippen molar-refractivity contribution in [2.45, 2.75) is 69.7 Å². The highest BCUT2D eigenvalue weighted by Gasteiger charge is 2.47. The minimum absolute atomic E-state index is 0.0480. The summed E-state index contributed by atoms with van der Waals surface area (Å²) in [7, 11) is 0. The predicted molar refractivity (Wildman–Crippen MR) is 99.0 cm³/mol. The Balaban J connectivity index is 1.52. The number of hydrogen-bond donors (Lipinski definition) is 0. The molecule has 0 N–H and O–H groups in total. The molecule has 0 spiro atoms. The van der Waals surface area contributed by atoms with Crippen LogP contribution in [0.1, 0.15) is 63.0 Å². The lowest BCUT2D eigenvalue weighted by atomic mass is 9.76. The number of halogens is 1. The molecular weight excluding hydrogens is 363 g/mol. The Bertz CT molecular complexity index is 746. The largest absolute Gasteiger partial charge is 0.458 e. The highest BCUT2D eigenvalue weighted by Crippen LogP contribution is 2.44. The second kappa shape index (κ2) is 7.56. The number of ether oxygens (including phenoxy) is 3. The lowest BCUT2D eigenvalue weighted by Crippen LogP contribution is -2.48. The second-order valence-electron chi connectivity index (χ2n) is 8.37. The SMILES string of the molecule is CC1(c2ccc(CCC3(C4CCCC4)CC(=O)CC(=O)O3)cc2F)OCCO1. The number of esters is 1. The number of Topliss-reactive ketones (excluding diaryl/α,β-unsaturated/α-hetero) is 1. The third-order valence-corrected chi connectivity index (χ3v) is 6.45. The van der Waals surface area contributed by atoms with Gasteiger partial charge in [-0.05, 0) is 50.2 Å². The first kappa shape index (κ1) is 19.5. The number of carbonyl (C=O) groups excluding carboxylic acids is 2. The fraction of sp³-hybridized carbons (Fsp3) is 0.636. The molecule has 5 nitrogen and oxygen atoms in total. The first-order valence-corrected chi connectivity index (χ1v) is 10.2. The van der Waals surface area contributed by atoms with E-state index in [2.05, 4.69) is 0 Å². The van der Waals surface area contributed by atoms with Crippen LogP contribution in [0.4, 0.5) is 4.39 Å². The zero-order valence-corrected chi connectivity index (χ0v) is 16.3. The fourth-order valence-corrected chi connectivity index (χ4v) is 4.99. The van der Waals surface area contributed by atoms with Gasteiger partial charge in [-0.3, -0.25) is 9.59 Å². The molecule has 2 saturated heterocycles. The number of ketones is 1. The summed E-state index contributed by atoms with van der Waals surface area (Å²) in [5.41, 5.74) is 0.467. The van der Waals surface area contributed by atoms with Gasteiger partial charge in [0.15, 0.2) is 5.79 Å². The number of hydrogen-bond acceptors (Lipinski definition) is 5. The molecule has 152 valence electrons. The van der Waals surface area contributed by atoms with Crippen LogP contribution < -0.4 is 0 Å². The molecule has 3 aliphatic rings. The van der Waals surface area contributed by atoms with Gasteiger partial charge >= 0.3 is 5.97 Å². The predicted octanol–water partition coefficient (Wildman–Crippen LogP) is 3.81. The van der Waals surface area contributed by atoms with Crippen molar-refractivity contribution in [3.05, 3.63) is 35.1 Å². The first-order chi connectivity index (χ1) is 13.4. The monoisotopic (exact) mass is 390 g/mol. The molecule has 1 saturated carbocycles. The van der Waals surface area contributed by atoms with Crippen molar-refractivity contribution in [3.8, 4) is 0 Å². The number of rotatable bonds is 5. The Labute approximate surface area is 164 Å². The quantitative estimate of drug-likeness (QED) is 0.565. The van der Waals surface area contributed by atoms with E-state index in [0.29, 0.717) is 31.6 Å². The van der Waals surface area contributed by atoms with Gasteiger partial charge in [0, 0.05) is 12.0 Å². The van der Waals surface area contributed by atoms with Gasteiger partial charge in [0.2, 0.25) is 0 Å². The minimum Gasteiger partial charge on any atom is -0.458 e. The van der Waals surface area contributed by atoms with Gasteiger partial charge < -0.3 is 14.2 Å². The third-order valence-electron chi connectivity index (χ3n) is 6.45. The minimum atomic E-state index is -1.04. The molecule has 1 aromatic rings. The summed E-state index contributed by atoms with van der Waals surface area (Å²) in [6.45, 7) is 2.61. The molecule has 28 heavy (non-hydrogen) atoms. The number of carbonyl (C=O) groups is 2. The maximum absolute atomic E-state index is 14.7. The lowest BCUT2D eigenvalue weighted by molar-refractivity contribution is -0.178. The van der Waals surface area contributed by atoms with Crippen molar-refractivity contribution in [3.63, 3.8) is 0 Å². The summed E-state index contributed by atoms with van der Waals surface area (Å²) in [6, 6.07) is 5.07. The van der Waals surface area contributed by atoms with Crippen LogP contribution in [0, 0.1) is 11.7 Å². The summed E-state index contributed by atoms with van der Waals surface area (Å²) in [4.78, 5) is 24.2. The highest BCUT2D eigenvalue weighted by molar-refractivity contribution is 5.98. The van der Waals surface area contributed by atoms with Gasteiger partial charge in [0.1, 0.15) is 23.6 Å². The summed E-state index contributed by atoms with van der Waals surface area (Å²) in [5, 5.41) is 0. The van der Waals surface area contributed by atoms with E-state index in [4.69, 9.17) is 14.2 Å². The van der Waals surface area contributed by atoms with Gasteiger partial charge in [0.05, 0.1) is 13.2 Å². The molecule has 0 aromatic heterocycles. The van der Waals surface area contributed by atoms with Gasteiger partial charge in [-0.1, -0.05) is 25.0 Å². The van der Waals surface area contributed by atoms with E-state index in [1.165, 1.54) is 6.07 Å². The second-order valence-corrected chi connectivity index (χ2v) is 8.37. The smallest absolute Gasteiger partial charge is 0.313 e. The van der Waals surface area contributed by atoms with Crippen LogP contribution in [-0.4, -0.2) is 30.6 Å². The fourth-order valence-electron chi connectivity index (χ4n) is 4.99. The highest BCUT2D eigenvalue weighted by atomic mass is 19.1. The van der Waals surface area contributed by atoms with Crippen molar-refractivity contribution in [1.82, 2.24) is 0 Å². The van der Waals surface area contributed by atoms with Gasteiger partial charge in [-0.15, -0.1) is 0 Å². The molecule has 4 rings (SSSR count). The molecule has 1 atom stereocenters. The van der Waals surface area contributed by atoms with Crippen LogP contribution in [0.3, 0.4) is 0 Å². The molecule has 6 heteroatoms. The third kappa shape index (κ3) is 3.72. The van der Waals surface area contributed by atoms with Crippen LogP contribution in [0.25, 0.3) is 0 Å². The Morgan fingerprint density at radius 1 is 1.14 bits per heavy atom. The maximum atomic E-state index is 14.7. The van der Waals surface area contributed by atoms with Crippen LogP contribution in [-0.2, 0) is 36.0 Å². The van der Waals surface area contributed by atoms with Crippen molar-refractivity contribution < 1.29 is 28.2 Å². The molecule has 2 aliphatic heterocycles. The summed E-state index contributed by atoms with van der Waals surface area (Å²) in [5.74, 6) is -1.67. The van der Waals surface area contributed by atoms with E-state index in [0.717, 1.165) is 31.2 Å². The van der Waals surface area contributed by atoms with E-state index in [1.54, 1.807) is 13.0 Å². The van der Waals surface area contributed by atoms with Crippen molar-refractivity contribution in [2.24, 2.45) is 5.92 Å². The zero-order chi connectivity index (χ0) is 19.8. The maximum Gasteiger partial charge on any atom is 0.313 e. The Kier molecular flexibility index (Phi) is 5.27. The van der Waals surface area contributed by atoms with Gasteiger partial charge in [0.25, 0.3) is 0 Å². The van der Waals surface area contributed by atoms with Crippen LogP contribution in [0.5, 0.6) is 0 Å². The summed E-state index contributed by atoms with van der Waals surface area (Å²) in [6.07, 6.45) is 5.38. The van der Waals surface area contributed by atoms with Gasteiger partial charge in [-0.2, -0.15) is 0 Å². The molecule has 1 aromatic carbocycles. The first-order valence-electron chi connectivity index (χ1n) is 10.2. The summed E-state index contributed by atoms with van der Waals surface area (Å²) >= 11 is 0. The molecule has 1 unspecified atom stereocenters. The van der Waals surface area contributed by atoms with E-state index < -0.39 is 17.4 Å². The number of cyclic esters (lactones) is 1. The van der Waals surface area contributed by atoms with Crippen LogP contribution in [0.15, 0.2) is 18.2 Å². The Morgan fingerprint density at radius 3 is 2.50 bits per heavy atom. The zero-order valence-electron chi connectivity index (χ0n) is 16.3. The number of aryl methyl sites for hydroxylation is 1. The molecule has 0 radical (unpaired) electrons. The Morgan fingerprint density at radius 2 is 1.86 bits per heavy atom.